The Balaban J connectivity index is 1.54. The van der Waals surface area contributed by atoms with E-state index in [0.29, 0.717) is 5.92 Å². The van der Waals surface area contributed by atoms with Crippen LogP contribution in [0.2, 0.25) is 0 Å². The molecule has 5 rings (SSSR count). The molecule has 2 heteroatoms. The van der Waals surface area contributed by atoms with E-state index in [4.69, 9.17) is 4.74 Å². The van der Waals surface area contributed by atoms with E-state index >= 15 is 0 Å². The molecule has 0 amide bonds. The second-order valence-electron chi connectivity index (χ2n) is 8.64. The minimum atomic E-state index is 0.605. The Morgan fingerprint density at radius 2 is 1.42 bits per heavy atom. The van der Waals surface area contributed by atoms with Crippen LogP contribution in [0.5, 0.6) is 5.75 Å². The molecule has 2 nitrogen and oxygen atoms in total. The molecule has 5 aromatic rings. The summed E-state index contributed by atoms with van der Waals surface area (Å²) < 4.78 is 7.67. The first-order chi connectivity index (χ1) is 16.2. The molecule has 0 aliphatic carbocycles. The smallest absolute Gasteiger partial charge is 0.119 e. The average molecular weight is 432 g/mol. The normalized spacial score (nSPS) is 12.6. The first-order valence-corrected chi connectivity index (χ1v) is 11.6. The van der Waals surface area contributed by atoms with E-state index < -0.39 is 0 Å². The molecule has 1 heterocycles. The molecule has 0 N–H and O–H groups in total. The molecule has 0 spiro atoms. The van der Waals surface area contributed by atoms with Gasteiger partial charge in [-0.05, 0) is 71.5 Å². The van der Waals surface area contributed by atoms with Crippen molar-refractivity contribution >= 4 is 34.0 Å². The topological polar surface area (TPSA) is 14.2 Å². The molecule has 0 bridgehead atoms. The molecule has 1 unspecified atom stereocenters. The Labute approximate surface area is 195 Å². The highest BCUT2D eigenvalue weighted by molar-refractivity contribution is 6.10. The van der Waals surface area contributed by atoms with E-state index in [-0.39, 0.29) is 0 Å². The number of benzene rings is 4. The first kappa shape index (κ1) is 21.1. The van der Waals surface area contributed by atoms with Crippen LogP contribution in [0.3, 0.4) is 0 Å². The van der Waals surface area contributed by atoms with Crippen molar-refractivity contribution in [1.29, 1.82) is 0 Å². The van der Waals surface area contributed by atoms with Crippen LogP contribution >= 0.6 is 0 Å². The van der Waals surface area contributed by atoms with E-state index in [1.807, 2.05) is 12.1 Å². The van der Waals surface area contributed by atoms with Crippen LogP contribution in [0.4, 0.5) is 0 Å². The number of hydrogen-bond acceptors (Lipinski definition) is 1. The van der Waals surface area contributed by atoms with Crippen LogP contribution in [0.1, 0.15) is 42.9 Å². The van der Waals surface area contributed by atoms with E-state index in [1.54, 1.807) is 7.11 Å². The zero-order valence-corrected chi connectivity index (χ0v) is 19.5. The van der Waals surface area contributed by atoms with E-state index in [0.717, 1.165) is 11.4 Å². The van der Waals surface area contributed by atoms with E-state index in [9.17, 15) is 0 Å². The Morgan fingerprint density at radius 1 is 0.758 bits per heavy atom. The minimum Gasteiger partial charge on any atom is -0.497 e. The summed E-state index contributed by atoms with van der Waals surface area (Å²) in [6.07, 6.45) is 5.57. The van der Waals surface area contributed by atoms with Crippen LogP contribution in [0.25, 0.3) is 39.6 Å². The number of hydrogen-bond donors (Lipinski definition) is 0. The van der Waals surface area contributed by atoms with Gasteiger partial charge in [-0.2, -0.15) is 0 Å². The third-order valence-corrected chi connectivity index (χ3v) is 6.61. The minimum absolute atomic E-state index is 0.605. The monoisotopic (exact) mass is 431 g/mol. The fourth-order valence-electron chi connectivity index (χ4n) is 4.47. The summed E-state index contributed by atoms with van der Waals surface area (Å²) in [5.74, 6) is 1.47. The number of methoxy groups -OCH3 is 1. The van der Waals surface area contributed by atoms with Gasteiger partial charge in [-0.3, -0.25) is 0 Å². The van der Waals surface area contributed by atoms with Crippen LogP contribution in [-0.4, -0.2) is 11.7 Å². The fraction of sp³-hybridized carbons (Fsp3) is 0.161. The Bertz CT molecular complexity index is 1420. The highest BCUT2D eigenvalue weighted by Crippen LogP contribution is 2.33. The Hall–Kier alpha value is -3.78. The fourth-order valence-corrected chi connectivity index (χ4v) is 4.47. The summed E-state index contributed by atoms with van der Waals surface area (Å²) in [6, 6.07) is 32.5. The van der Waals surface area contributed by atoms with Crippen molar-refractivity contribution in [1.82, 2.24) is 4.57 Å². The molecule has 0 aliphatic heterocycles. The van der Waals surface area contributed by atoms with Crippen LogP contribution in [0, 0.1) is 0 Å². The molecular formula is C31H29NO. The molecule has 0 saturated carbocycles. The van der Waals surface area contributed by atoms with Gasteiger partial charge in [0.1, 0.15) is 5.75 Å². The summed E-state index contributed by atoms with van der Waals surface area (Å²) in [6.45, 7) is 4.52. The second-order valence-corrected chi connectivity index (χ2v) is 8.64. The zero-order valence-electron chi connectivity index (χ0n) is 19.5. The van der Waals surface area contributed by atoms with Gasteiger partial charge in [0.2, 0.25) is 0 Å². The maximum absolute atomic E-state index is 5.35. The molecule has 0 radical (unpaired) electrons. The lowest BCUT2D eigenvalue weighted by molar-refractivity contribution is 0.415. The Morgan fingerprint density at radius 3 is 2.15 bits per heavy atom. The quantitative estimate of drug-likeness (QED) is 0.246. The summed E-state index contributed by atoms with van der Waals surface area (Å²) in [5.41, 5.74) is 7.37. The molecular weight excluding hydrogens is 402 g/mol. The van der Waals surface area contributed by atoms with Gasteiger partial charge >= 0.3 is 0 Å². The van der Waals surface area contributed by atoms with Gasteiger partial charge in [0.05, 0.1) is 18.1 Å². The molecule has 0 fully saturated rings. The van der Waals surface area contributed by atoms with Crippen molar-refractivity contribution in [2.24, 2.45) is 0 Å². The third kappa shape index (κ3) is 4.05. The molecule has 0 aliphatic rings. The van der Waals surface area contributed by atoms with E-state index in [1.165, 1.54) is 44.9 Å². The van der Waals surface area contributed by atoms with Crippen LogP contribution in [0.15, 0.2) is 91.0 Å². The number of rotatable bonds is 6. The predicted molar refractivity (Wildman–Crippen MR) is 141 cm³/mol. The third-order valence-electron chi connectivity index (χ3n) is 6.61. The maximum atomic E-state index is 5.35. The number of aromatic nitrogens is 1. The molecule has 4 aromatic carbocycles. The number of fused-ring (bicyclic) bond motifs is 3. The Kier molecular flexibility index (Phi) is 5.75. The van der Waals surface area contributed by atoms with E-state index in [2.05, 4.69) is 109 Å². The van der Waals surface area contributed by atoms with Crippen LogP contribution in [-0.2, 0) is 0 Å². The molecule has 1 atom stereocenters. The standard InChI is InChI=1S/C31H29NO/c1-4-22(2)25-14-11-23(12-15-25)9-10-24-13-20-31-29(21-24)28-7-5-6-8-30(28)32(31)26-16-18-27(33-3)19-17-26/h5-22H,4H2,1-3H3. The average Bonchev–Trinajstić information content (AvgIpc) is 3.21. The highest BCUT2D eigenvalue weighted by Gasteiger charge is 2.12. The number of ether oxygens (including phenoxy) is 1. The van der Waals surface area contributed by atoms with Gasteiger partial charge in [0, 0.05) is 16.5 Å². The first-order valence-electron chi connectivity index (χ1n) is 11.6. The van der Waals surface area contributed by atoms with Crippen molar-refractivity contribution in [3.63, 3.8) is 0 Å². The van der Waals surface area contributed by atoms with Crippen molar-refractivity contribution in [2.45, 2.75) is 26.2 Å². The zero-order chi connectivity index (χ0) is 22.8. The van der Waals surface area contributed by atoms with Gasteiger partial charge < -0.3 is 9.30 Å². The van der Waals surface area contributed by atoms with Crippen molar-refractivity contribution in [3.8, 4) is 11.4 Å². The van der Waals surface area contributed by atoms with Crippen molar-refractivity contribution in [2.75, 3.05) is 7.11 Å². The van der Waals surface area contributed by atoms with Crippen molar-refractivity contribution in [3.05, 3.63) is 108 Å². The van der Waals surface area contributed by atoms with Gasteiger partial charge in [-0.15, -0.1) is 0 Å². The van der Waals surface area contributed by atoms with Gasteiger partial charge in [-0.1, -0.05) is 74.5 Å². The summed E-state index contributed by atoms with van der Waals surface area (Å²) in [4.78, 5) is 0. The SMILES string of the molecule is CCC(C)c1ccc(C=Cc2ccc3c(c2)c2ccccc2n3-c2ccc(OC)cc2)cc1. The highest BCUT2D eigenvalue weighted by atomic mass is 16.5. The van der Waals surface area contributed by atoms with Gasteiger partial charge in [-0.25, -0.2) is 0 Å². The van der Waals surface area contributed by atoms with Crippen LogP contribution < -0.4 is 4.74 Å². The van der Waals surface area contributed by atoms with Gasteiger partial charge in [0.15, 0.2) is 0 Å². The summed E-state index contributed by atoms with van der Waals surface area (Å²) >= 11 is 0. The predicted octanol–water partition coefficient (Wildman–Crippen LogP) is 8.48. The lowest BCUT2D eigenvalue weighted by atomic mass is 9.97. The molecule has 33 heavy (non-hydrogen) atoms. The van der Waals surface area contributed by atoms with Gasteiger partial charge in [0.25, 0.3) is 0 Å². The molecule has 164 valence electrons. The lowest BCUT2D eigenvalue weighted by Crippen LogP contribution is -1.93. The summed E-state index contributed by atoms with van der Waals surface area (Å²) in [7, 11) is 1.70. The lowest BCUT2D eigenvalue weighted by Gasteiger charge is -2.09. The number of nitrogens with zero attached hydrogens (tertiary/aromatic N) is 1. The molecule has 0 saturated heterocycles. The largest absolute Gasteiger partial charge is 0.497 e. The number of para-hydroxylation sites is 1. The molecule has 1 aromatic heterocycles. The van der Waals surface area contributed by atoms with Crippen molar-refractivity contribution < 1.29 is 4.74 Å². The second kappa shape index (κ2) is 8.99. The summed E-state index contributed by atoms with van der Waals surface area (Å²) in [5, 5.41) is 2.52. The maximum Gasteiger partial charge on any atom is 0.119 e.